The van der Waals surface area contributed by atoms with Crippen molar-refractivity contribution in [3.05, 3.63) is 18.0 Å². The van der Waals surface area contributed by atoms with Gasteiger partial charge in [0.05, 0.1) is 11.8 Å². The molecule has 3 rings (SSSR count). The molecule has 0 saturated carbocycles. The van der Waals surface area contributed by atoms with Crippen LogP contribution in [0.15, 0.2) is 12.4 Å². The highest BCUT2D eigenvalue weighted by atomic mass is 16.2. The summed E-state index contributed by atoms with van der Waals surface area (Å²) in [5.74, 6) is 0.139. The van der Waals surface area contributed by atoms with E-state index < -0.39 is 0 Å². The van der Waals surface area contributed by atoms with Gasteiger partial charge in [0.1, 0.15) is 0 Å². The van der Waals surface area contributed by atoms with Gasteiger partial charge < -0.3 is 10.2 Å². The van der Waals surface area contributed by atoms with Crippen molar-refractivity contribution in [2.24, 2.45) is 5.41 Å². The van der Waals surface area contributed by atoms with Crippen molar-refractivity contribution in [1.82, 2.24) is 20.0 Å². The van der Waals surface area contributed by atoms with E-state index in [1.54, 1.807) is 10.9 Å². The van der Waals surface area contributed by atoms with Gasteiger partial charge in [0.25, 0.3) is 5.91 Å². The largest absolute Gasteiger partial charge is 0.339 e. The summed E-state index contributed by atoms with van der Waals surface area (Å²) in [6, 6.07) is 0. The third-order valence-corrected chi connectivity index (χ3v) is 4.65. The molecule has 0 unspecified atom stereocenters. The van der Waals surface area contributed by atoms with Crippen LogP contribution in [0.5, 0.6) is 0 Å². The van der Waals surface area contributed by atoms with Crippen molar-refractivity contribution in [3.8, 4) is 0 Å². The van der Waals surface area contributed by atoms with Crippen LogP contribution in [0.4, 0.5) is 0 Å². The molecule has 0 radical (unpaired) electrons. The van der Waals surface area contributed by atoms with Crippen LogP contribution < -0.4 is 5.32 Å². The highest BCUT2D eigenvalue weighted by Gasteiger charge is 2.38. The minimum absolute atomic E-state index is 0.139. The minimum Gasteiger partial charge on any atom is -0.339 e. The van der Waals surface area contributed by atoms with E-state index in [0.29, 0.717) is 5.41 Å². The fourth-order valence-corrected chi connectivity index (χ4v) is 3.24. The Morgan fingerprint density at radius 3 is 2.79 bits per heavy atom. The fraction of sp³-hybridized carbons (Fsp3) is 0.714. The predicted molar refractivity (Wildman–Crippen MR) is 73.0 cm³/mol. The zero-order valence-corrected chi connectivity index (χ0v) is 11.6. The van der Waals surface area contributed by atoms with Gasteiger partial charge >= 0.3 is 0 Å². The van der Waals surface area contributed by atoms with E-state index in [4.69, 9.17) is 0 Å². The number of aryl methyl sites for hydroxylation is 1. The van der Waals surface area contributed by atoms with Crippen molar-refractivity contribution in [1.29, 1.82) is 0 Å². The van der Waals surface area contributed by atoms with Crippen molar-refractivity contribution in [3.63, 3.8) is 0 Å². The predicted octanol–water partition coefficient (Wildman–Crippen LogP) is 1.12. The van der Waals surface area contributed by atoms with Crippen LogP contribution in [0.3, 0.4) is 0 Å². The van der Waals surface area contributed by atoms with Crippen molar-refractivity contribution < 1.29 is 4.79 Å². The average molecular weight is 262 g/mol. The van der Waals surface area contributed by atoms with Crippen molar-refractivity contribution >= 4 is 5.91 Å². The summed E-state index contributed by atoms with van der Waals surface area (Å²) < 4.78 is 1.81. The maximum atomic E-state index is 12.4. The molecular formula is C14H22N4O. The van der Waals surface area contributed by atoms with Crippen LogP contribution in [0.1, 0.15) is 36.5 Å². The van der Waals surface area contributed by atoms with E-state index in [1.807, 2.05) is 18.0 Å². The summed E-state index contributed by atoms with van der Waals surface area (Å²) >= 11 is 0. The zero-order valence-electron chi connectivity index (χ0n) is 11.6. The molecule has 0 aliphatic carbocycles. The summed E-state index contributed by atoms with van der Waals surface area (Å²) in [6.07, 6.45) is 7.07. The summed E-state index contributed by atoms with van der Waals surface area (Å²) in [5, 5.41) is 7.63. The summed E-state index contributed by atoms with van der Waals surface area (Å²) in [5.41, 5.74) is 1.19. The molecule has 1 aromatic heterocycles. The molecule has 0 bridgehead atoms. The fourth-order valence-electron chi connectivity index (χ4n) is 3.24. The Kier molecular flexibility index (Phi) is 3.31. The highest BCUT2D eigenvalue weighted by Crippen LogP contribution is 2.37. The normalized spacial score (nSPS) is 22.1. The lowest BCUT2D eigenvalue weighted by Crippen LogP contribution is -2.43. The smallest absolute Gasteiger partial charge is 0.257 e. The van der Waals surface area contributed by atoms with Crippen LogP contribution in [0.25, 0.3) is 0 Å². The van der Waals surface area contributed by atoms with Crippen LogP contribution in [-0.2, 0) is 6.54 Å². The number of rotatable bonds is 2. The maximum Gasteiger partial charge on any atom is 0.257 e. The highest BCUT2D eigenvalue weighted by molar-refractivity contribution is 5.93. The van der Waals surface area contributed by atoms with Gasteiger partial charge in [-0.1, -0.05) is 0 Å². The van der Waals surface area contributed by atoms with Gasteiger partial charge in [-0.05, 0) is 38.1 Å². The van der Waals surface area contributed by atoms with E-state index in [9.17, 15) is 4.79 Å². The molecule has 3 heterocycles. The Morgan fingerprint density at radius 2 is 2.21 bits per heavy atom. The molecule has 1 N–H and O–H groups in total. The Labute approximate surface area is 114 Å². The molecule has 0 aromatic carbocycles. The van der Waals surface area contributed by atoms with E-state index in [-0.39, 0.29) is 5.91 Å². The molecule has 2 aliphatic rings. The molecular weight excluding hydrogens is 240 g/mol. The Bertz CT molecular complexity index is 452. The molecule has 0 atom stereocenters. The molecule has 19 heavy (non-hydrogen) atoms. The molecule has 1 spiro atoms. The van der Waals surface area contributed by atoms with Gasteiger partial charge in [0.2, 0.25) is 0 Å². The molecule has 2 saturated heterocycles. The number of aromatic nitrogens is 2. The first-order valence-electron chi connectivity index (χ1n) is 7.25. The number of hydrogen-bond donors (Lipinski definition) is 1. The second kappa shape index (κ2) is 4.96. The summed E-state index contributed by atoms with van der Waals surface area (Å²) in [7, 11) is 0. The number of nitrogens with zero attached hydrogens (tertiary/aromatic N) is 3. The lowest BCUT2D eigenvalue weighted by Gasteiger charge is -2.38. The van der Waals surface area contributed by atoms with Crippen LogP contribution in [-0.4, -0.2) is 46.8 Å². The molecule has 2 aliphatic heterocycles. The van der Waals surface area contributed by atoms with Crippen LogP contribution >= 0.6 is 0 Å². The third-order valence-electron chi connectivity index (χ3n) is 4.65. The lowest BCUT2D eigenvalue weighted by molar-refractivity contribution is 0.0607. The quantitative estimate of drug-likeness (QED) is 0.869. The first kappa shape index (κ1) is 12.7. The van der Waals surface area contributed by atoms with Crippen molar-refractivity contribution in [2.45, 2.75) is 32.7 Å². The summed E-state index contributed by atoms with van der Waals surface area (Å²) in [6.45, 7) is 6.87. The maximum absolute atomic E-state index is 12.4. The lowest BCUT2D eigenvalue weighted by atomic mass is 9.78. The topological polar surface area (TPSA) is 50.2 Å². The van der Waals surface area contributed by atoms with E-state index in [0.717, 1.165) is 51.1 Å². The molecule has 1 aromatic rings. The van der Waals surface area contributed by atoms with Gasteiger partial charge in [0, 0.05) is 32.4 Å². The van der Waals surface area contributed by atoms with Gasteiger partial charge in [-0.3, -0.25) is 9.48 Å². The Balaban J connectivity index is 1.63. The van der Waals surface area contributed by atoms with Crippen molar-refractivity contribution in [2.75, 3.05) is 26.2 Å². The zero-order chi connectivity index (χ0) is 13.3. The molecule has 5 nitrogen and oxygen atoms in total. The van der Waals surface area contributed by atoms with E-state index in [2.05, 4.69) is 10.4 Å². The third kappa shape index (κ3) is 2.39. The average Bonchev–Trinajstić information content (AvgIpc) is 3.08. The van der Waals surface area contributed by atoms with E-state index >= 15 is 0 Å². The number of hydrogen-bond acceptors (Lipinski definition) is 3. The van der Waals surface area contributed by atoms with Crippen LogP contribution in [0, 0.1) is 5.41 Å². The second-order valence-corrected chi connectivity index (χ2v) is 5.80. The number of piperidine rings is 1. The van der Waals surface area contributed by atoms with Gasteiger partial charge in [-0.2, -0.15) is 5.10 Å². The van der Waals surface area contributed by atoms with Gasteiger partial charge in [-0.15, -0.1) is 0 Å². The number of carbonyl (C=O) groups excluding carboxylic acids is 1. The number of carbonyl (C=O) groups is 1. The van der Waals surface area contributed by atoms with E-state index in [1.165, 1.54) is 6.42 Å². The Morgan fingerprint density at radius 1 is 1.42 bits per heavy atom. The second-order valence-electron chi connectivity index (χ2n) is 5.80. The number of nitrogens with one attached hydrogen (secondary N) is 1. The first-order valence-corrected chi connectivity index (χ1v) is 7.25. The Hall–Kier alpha value is -1.36. The monoisotopic (exact) mass is 262 g/mol. The molecule has 1 amide bonds. The molecule has 2 fully saturated rings. The summed E-state index contributed by atoms with van der Waals surface area (Å²) in [4.78, 5) is 14.4. The van der Waals surface area contributed by atoms with Crippen LogP contribution in [0.2, 0.25) is 0 Å². The number of amides is 1. The molecule has 5 heteroatoms. The minimum atomic E-state index is 0.139. The number of likely N-dealkylation sites (tertiary alicyclic amines) is 1. The van der Waals surface area contributed by atoms with Gasteiger partial charge in [0.15, 0.2) is 0 Å². The first-order chi connectivity index (χ1) is 9.22. The standard InChI is InChI=1S/C14H22N4O/c1-2-18-10-12(9-16-18)13(19)17-7-4-14(5-8-17)3-6-15-11-14/h9-10,15H,2-8,11H2,1H3. The van der Waals surface area contributed by atoms with Gasteiger partial charge in [-0.25, -0.2) is 0 Å². The molecule has 104 valence electrons. The SMILES string of the molecule is CCn1cc(C(=O)N2CCC3(CCNC3)CC2)cn1.